The van der Waals surface area contributed by atoms with E-state index < -0.39 is 0 Å². The molecule has 0 aliphatic rings. The minimum absolute atomic E-state index is 0.109. The molecule has 0 radical (unpaired) electrons. The SMILES string of the molecule is Cc1cc2onc(CC(=O)NCc3csc(-c4ccncc4)n3)c2cc1C. The first kappa shape index (κ1) is 17.4. The third kappa shape index (κ3) is 3.73. The number of pyridine rings is 1. The van der Waals surface area contributed by atoms with Crippen LogP contribution in [0, 0.1) is 13.8 Å². The van der Waals surface area contributed by atoms with E-state index in [0.29, 0.717) is 17.8 Å². The van der Waals surface area contributed by atoms with Gasteiger partial charge in [-0.1, -0.05) is 5.16 Å². The maximum absolute atomic E-state index is 12.3. The number of nitrogens with one attached hydrogen (secondary N) is 1. The second-order valence-corrected chi connectivity index (χ2v) is 7.25. The molecule has 0 fully saturated rings. The van der Waals surface area contributed by atoms with E-state index in [0.717, 1.165) is 32.8 Å². The van der Waals surface area contributed by atoms with Gasteiger partial charge < -0.3 is 9.84 Å². The highest BCUT2D eigenvalue weighted by atomic mass is 32.1. The number of fused-ring (bicyclic) bond motifs is 1. The minimum Gasteiger partial charge on any atom is -0.356 e. The van der Waals surface area contributed by atoms with Crippen LogP contribution in [0.25, 0.3) is 21.5 Å². The Balaban J connectivity index is 1.41. The quantitative estimate of drug-likeness (QED) is 0.571. The molecule has 0 atom stereocenters. The molecule has 1 N–H and O–H groups in total. The number of thiazole rings is 1. The van der Waals surface area contributed by atoms with E-state index in [1.165, 1.54) is 0 Å². The highest BCUT2D eigenvalue weighted by Crippen LogP contribution is 2.24. The van der Waals surface area contributed by atoms with Gasteiger partial charge in [0, 0.05) is 28.7 Å². The number of rotatable bonds is 5. The van der Waals surface area contributed by atoms with E-state index in [9.17, 15) is 4.79 Å². The molecule has 0 aliphatic heterocycles. The van der Waals surface area contributed by atoms with Gasteiger partial charge in [-0.2, -0.15) is 0 Å². The lowest BCUT2D eigenvalue weighted by Gasteiger charge is -2.02. The fraction of sp³-hybridized carbons (Fsp3) is 0.200. The Labute approximate surface area is 160 Å². The van der Waals surface area contributed by atoms with E-state index in [4.69, 9.17) is 4.52 Å². The van der Waals surface area contributed by atoms with Gasteiger partial charge in [-0.3, -0.25) is 9.78 Å². The number of carbonyl (C=O) groups is 1. The molecule has 7 heteroatoms. The average molecular weight is 378 g/mol. The van der Waals surface area contributed by atoms with Crippen LogP contribution in [0.2, 0.25) is 0 Å². The fourth-order valence-corrected chi connectivity index (χ4v) is 3.62. The van der Waals surface area contributed by atoms with Crippen molar-refractivity contribution in [1.29, 1.82) is 0 Å². The summed E-state index contributed by atoms with van der Waals surface area (Å²) in [5.41, 5.74) is 5.51. The van der Waals surface area contributed by atoms with Crippen LogP contribution >= 0.6 is 11.3 Å². The molecule has 136 valence electrons. The Morgan fingerprint density at radius 3 is 2.78 bits per heavy atom. The van der Waals surface area contributed by atoms with E-state index in [1.54, 1.807) is 23.7 Å². The van der Waals surface area contributed by atoms with Crippen molar-refractivity contribution in [3.63, 3.8) is 0 Å². The summed E-state index contributed by atoms with van der Waals surface area (Å²) in [5.74, 6) is -0.109. The third-order valence-corrected chi connectivity index (χ3v) is 5.37. The lowest BCUT2D eigenvalue weighted by Crippen LogP contribution is -2.24. The summed E-state index contributed by atoms with van der Waals surface area (Å²) in [6.07, 6.45) is 3.66. The first-order valence-corrected chi connectivity index (χ1v) is 9.45. The van der Waals surface area contributed by atoms with Crippen LogP contribution < -0.4 is 5.32 Å². The van der Waals surface area contributed by atoms with Crippen molar-refractivity contribution < 1.29 is 9.32 Å². The Bertz CT molecular complexity index is 1100. The Morgan fingerprint density at radius 2 is 1.96 bits per heavy atom. The predicted octanol–water partition coefficient (Wildman–Crippen LogP) is 3.82. The zero-order valence-corrected chi connectivity index (χ0v) is 15.8. The standard InChI is InChI=1S/C20H18N4O2S/c1-12-7-16-17(24-26-18(16)8-13(12)2)9-19(25)22-10-15-11-27-20(23-15)14-3-5-21-6-4-14/h3-8,11H,9-10H2,1-2H3,(H,22,25). The number of carbonyl (C=O) groups excluding carboxylic acids is 1. The molecule has 3 aromatic heterocycles. The molecule has 4 aromatic rings. The van der Waals surface area contributed by atoms with Crippen LogP contribution in [-0.2, 0) is 17.8 Å². The van der Waals surface area contributed by atoms with Crippen LogP contribution in [-0.4, -0.2) is 21.0 Å². The molecule has 6 nitrogen and oxygen atoms in total. The van der Waals surface area contributed by atoms with Gasteiger partial charge in [0.2, 0.25) is 5.91 Å². The predicted molar refractivity (Wildman–Crippen MR) is 104 cm³/mol. The molecule has 1 aromatic carbocycles. The molecule has 0 saturated carbocycles. The highest BCUT2D eigenvalue weighted by molar-refractivity contribution is 7.13. The molecular formula is C20H18N4O2S. The van der Waals surface area contributed by atoms with E-state index in [-0.39, 0.29) is 12.3 Å². The largest absolute Gasteiger partial charge is 0.356 e. The average Bonchev–Trinajstić information content (AvgIpc) is 3.29. The van der Waals surface area contributed by atoms with Gasteiger partial charge in [0.25, 0.3) is 0 Å². The fourth-order valence-electron chi connectivity index (χ4n) is 2.79. The molecule has 0 spiro atoms. The van der Waals surface area contributed by atoms with Crippen molar-refractivity contribution in [3.05, 3.63) is 64.6 Å². The number of hydrogen-bond acceptors (Lipinski definition) is 6. The Kier molecular flexibility index (Phi) is 4.68. The van der Waals surface area contributed by atoms with Crippen LogP contribution in [0.1, 0.15) is 22.5 Å². The van der Waals surface area contributed by atoms with Gasteiger partial charge >= 0.3 is 0 Å². The second-order valence-electron chi connectivity index (χ2n) is 6.40. The van der Waals surface area contributed by atoms with Crippen molar-refractivity contribution in [3.8, 4) is 10.6 Å². The smallest absolute Gasteiger partial charge is 0.226 e. The zero-order chi connectivity index (χ0) is 18.8. The van der Waals surface area contributed by atoms with Gasteiger partial charge in [-0.25, -0.2) is 4.98 Å². The van der Waals surface area contributed by atoms with Crippen molar-refractivity contribution in [1.82, 2.24) is 20.4 Å². The molecule has 4 rings (SSSR count). The van der Waals surface area contributed by atoms with Crippen LogP contribution in [0.15, 0.2) is 46.6 Å². The lowest BCUT2D eigenvalue weighted by atomic mass is 10.1. The summed E-state index contributed by atoms with van der Waals surface area (Å²) in [4.78, 5) is 20.9. The summed E-state index contributed by atoms with van der Waals surface area (Å²) >= 11 is 1.55. The number of benzene rings is 1. The van der Waals surface area contributed by atoms with Gasteiger partial charge in [0.15, 0.2) is 5.58 Å². The number of aromatic nitrogens is 3. The Morgan fingerprint density at radius 1 is 1.19 bits per heavy atom. The summed E-state index contributed by atoms with van der Waals surface area (Å²) in [7, 11) is 0. The van der Waals surface area contributed by atoms with Gasteiger partial charge in [0.1, 0.15) is 10.7 Å². The number of amides is 1. The summed E-state index contributed by atoms with van der Waals surface area (Å²) < 4.78 is 5.36. The normalized spacial score (nSPS) is 11.0. The first-order chi connectivity index (χ1) is 13.1. The monoisotopic (exact) mass is 378 g/mol. The molecule has 1 amide bonds. The van der Waals surface area contributed by atoms with E-state index >= 15 is 0 Å². The van der Waals surface area contributed by atoms with Crippen LogP contribution in [0.5, 0.6) is 0 Å². The van der Waals surface area contributed by atoms with Crippen LogP contribution in [0.4, 0.5) is 0 Å². The van der Waals surface area contributed by atoms with E-state index in [1.807, 2.05) is 43.5 Å². The van der Waals surface area contributed by atoms with Crippen LogP contribution in [0.3, 0.4) is 0 Å². The molecule has 0 saturated heterocycles. The minimum atomic E-state index is -0.109. The van der Waals surface area contributed by atoms with Gasteiger partial charge in [0.05, 0.1) is 18.7 Å². The molecule has 0 bridgehead atoms. The number of nitrogens with zero attached hydrogens (tertiary/aromatic N) is 3. The van der Waals surface area contributed by atoms with Gasteiger partial charge in [-0.05, 0) is 49.2 Å². The number of aryl methyl sites for hydroxylation is 2. The van der Waals surface area contributed by atoms with Gasteiger partial charge in [-0.15, -0.1) is 11.3 Å². The maximum atomic E-state index is 12.3. The molecule has 0 unspecified atom stereocenters. The van der Waals surface area contributed by atoms with Crippen molar-refractivity contribution in [2.45, 2.75) is 26.8 Å². The Hall–Kier alpha value is -3.06. The van der Waals surface area contributed by atoms with Crippen molar-refractivity contribution >= 4 is 28.2 Å². The highest BCUT2D eigenvalue weighted by Gasteiger charge is 2.14. The molecule has 0 aliphatic carbocycles. The lowest BCUT2D eigenvalue weighted by molar-refractivity contribution is -0.120. The zero-order valence-electron chi connectivity index (χ0n) is 15.0. The molecule has 3 heterocycles. The third-order valence-electron chi connectivity index (χ3n) is 4.43. The molecular weight excluding hydrogens is 360 g/mol. The maximum Gasteiger partial charge on any atom is 0.226 e. The summed E-state index contributed by atoms with van der Waals surface area (Å²) in [6, 6.07) is 7.81. The van der Waals surface area contributed by atoms with Crippen molar-refractivity contribution in [2.75, 3.05) is 0 Å². The van der Waals surface area contributed by atoms with Crippen molar-refractivity contribution in [2.24, 2.45) is 0 Å². The second kappa shape index (κ2) is 7.28. The summed E-state index contributed by atoms with van der Waals surface area (Å²) in [5, 5.41) is 10.7. The topological polar surface area (TPSA) is 80.9 Å². The first-order valence-electron chi connectivity index (χ1n) is 8.57. The number of hydrogen-bond donors (Lipinski definition) is 1. The van der Waals surface area contributed by atoms with E-state index in [2.05, 4.69) is 20.4 Å². The summed E-state index contributed by atoms with van der Waals surface area (Å²) in [6.45, 7) is 4.44. The molecule has 27 heavy (non-hydrogen) atoms.